The Bertz CT molecular complexity index is 722. The number of furan rings is 1. The Hall–Kier alpha value is -2.63. The van der Waals surface area contributed by atoms with Gasteiger partial charge in [-0.1, -0.05) is 6.07 Å². The number of aryl methyl sites for hydroxylation is 1. The summed E-state index contributed by atoms with van der Waals surface area (Å²) in [4.78, 5) is 24.6. The Morgan fingerprint density at radius 1 is 1.33 bits per heavy atom. The lowest BCUT2D eigenvalue weighted by molar-refractivity contribution is -0.119. The average Bonchev–Trinajstić information content (AvgIpc) is 2.90. The predicted octanol–water partition coefficient (Wildman–Crippen LogP) is 2.60. The molecule has 6 heteroatoms. The number of hydrogen-bond donors (Lipinski definition) is 1. The Morgan fingerprint density at radius 2 is 2.14 bits per heavy atom. The number of amides is 1. The molecule has 2 aromatic rings. The van der Waals surface area contributed by atoms with Crippen LogP contribution in [0.2, 0.25) is 0 Å². The third-order valence-electron chi connectivity index (χ3n) is 3.52. The van der Waals surface area contributed by atoms with E-state index in [4.69, 9.17) is 9.52 Å². The number of carboxylic acid groups (broad SMARTS) is 1. The first-order valence-electron chi connectivity index (χ1n) is 6.44. The maximum Gasteiger partial charge on any atom is 0.372 e. The highest BCUT2D eigenvalue weighted by Gasteiger charge is 2.27. The number of halogens is 1. The van der Waals surface area contributed by atoms with Crippen molar-refractivity contribution in [2.75, 3.05) is 4.90 Å². The monoisotopic (exact) mass is 289 g/mol. The van der Waals surface area contributed by atoms with E-state index in [1.54, 1.807) is 6.07 Å². The zero-order valence-corrected chi connectivity index (χ0v) is 11.0. The maximum atomic E-state index is 13.4. The molecule has 2 heterocycles. The fourth-order valence-corrected chi connectivity index (χ4v) is 2.50. The van der Waals surface area contributed by atoms with Crippen LogP contribution in [0.1, 0.15) is 28.1 Å². The standard InChI is InChI=1S/C15H12FNO4/c16-11-3-1-9-2-4-13(18)17(12(9)7-11)8-10-5-6-21-14(10)15(19)20/h1,3,5-7H,2,4,8H2,(H,19,20). The van der Waals surface area contributed by atoms with Gasteiger partial charge in [0.05, 0.1) is 18.5 Å². The van der Waals surface area contributed by atoms with Gasteiger partial charge < -0.3 is 14.4 Å². The van der Waals surface area contributed by atoms with Crippen LogP contribution in [-0.4, -0.2) is 17.0 Å². The third-order valence-corrected chi connectivity index (χ3v) is 3.52. The number of carbonyl (C=O) groups excluding carboxylic acids is 1. The molecular formula is C15H12FNO4. The highest BCUT2D eigenvalue weighted by molar-refractivity contribution is 5.96. The molecule has 0 saturated carbocycles. The number of carboxylic acids is 1. The van der Waals surface area contributed by atoms with E-state index in [2.05, 4.69) is 0 Å². The quantitative estimate of drug-likeness (QED) is 0.942. The summed E-state index contributed by atoms with van der Waals surface area (Å²) in [6.07, 6.45) is 2.14. The van der Waals surface area contributed by atoms with Gasteiger partial charge in [-0.25, -0.2) is 9.18 Å². The molecule has 1 aromatic carbocycles. The molecule has 0 aliphatic carbocycles. The van der Waals surface area contributed by atoms with Gasteiger partial charge in [0.2, 0.25) is 11.7 Å². The van der Waals surface area contributed by atoms with Crippen molar-refractivity contribution in [3.05, 3.63) is 53.2 Å². The van der Waals surface area contributed by atoms with Crippen molar-refractivity contribution < 1.29 is 23.5 Å². The summed E-state index contributed by atoms with van der Waals surface area (Å²) >= 11 is 0. The summed E-state index contributed by atoms with van der Waals surface area (Å²) in [5, 5.41) is 9.03. The minimum Gasteiger partial charge on any atom is -0.475 e. The molecule has 1 aliphatic heterocycles. The number of anilines is 1. The molecule has 3 rings (SSSR count). The third kappa shape index (κ3) is 2.40. The first-order chi connectivity index (χ1) is 10.1. The first kappa shape index (κ1) is 13.4. The number of rotatable bonds is 3. The summed E-state index contributed by atoms with van der Waals surface area (Å²) in [5.41, 5.74) is 1.74. The molecule has 0 radical (unpaired) electrons. The normalized spacial score (nSPS) is 14.1. The lowest BCUT2D eigenvalue weighted by Crippen LogP contribution is -2.34. The Balaban J connectivity index is 1.98. The molecule has 0 spiro atoms. The Labute approximate surface area is 119 Å². The molecule has 0 saturated heterocycles. The first-order valence-corrected chi connectivity index (χ1v) is 6.44. The van der Waals surface area contributed by atoms with Crippen LogP contribution >= 0.6 is 0 Å². The van der Waals surface area contributed by atoms with E-state index in [0.717, 1.165) is 5.56 Å². The zero-order valence-electron chi connectivity index (χ0n) is 11.0. The summed E-state index contributed by atoms with van der Waals surface area (Å²) in [7, 11) is 0. The maximum absolute atomic E-state index is 13.4. The van der Waals surface area contributed by atoms with E-state index in [1.807, 2.05) is 0 Å². The molecule has 1 aliphatic rings. The van der Waals surface area contributed by atoms with E-state index < -0.39 is 11.8 Å². The smallest absolute Gasteiger partial charge is 0.372 e. The molecule has 108 valence electrons. The minimum absolute atomic E-state index is 0.0490. The van der Waals surface area contributed by atoms with Gasteiger partial charge in [-0.2, -0.15) is 0 Å². The van der Waals surface area contributed by atoms with Crippen molar-refractivity contribution >= 4 is 17.6 Å². The molecule has 5 nitrogen and oxygen atoms in total. The second kappa shape index (κ2) is 5.05. The number of benzene rings is 1. The lowest BCUT2D eigenvalue weighted by Gasteiger charge is -2.29. The summed E-state index contributed by atoms with van der Waals surface area (Å²) in [6, 6.07) is 5.81. The SMILES string of the molecule is O=C(O)c1occc1CN1C(=O)CCc2ccc(F)cc21. The van der Waals surface area contributed by atoms with Crippen LogP contribution in [0.25, 0.3) is 0 Å². The summed E-state index contributed by atoms with van der Waals surface area (Å²) in [6.45, 7) is 0.0490. The van der Waals surface area contributed by atoms with Crippen LogP contribution in [0, 0.1) is 5.82 Å². The van der Waals surface area contributed by atoms with Crippen molar-refractivity contribution in [3.8, 4) is 0 Å². The van der Waals surface area contributed by atoms with Crippen molar-refractivity contribution in [2.24, 2.45) is 0 Å². The molecule has 21 heavy (non-hydrogen) atoms. The van der Waals surface area contributed by atoms with Crippen molar-refractivity contribution in [1.82, 2.24) is 0 Å². The van der Waals surface area contributed by atoms with Gasteiger partial charge in [-0.05, 0) is 30.2 Å². The topological polar surface area (TPSA) is 70.8 Å². The summed E-state index contributed by atoms with van der Waals surface area (Å²) < 4.78 is 18.3. The van der Waals surface area contributed by atoms with E-state index in [-0.39, 0.29) is 18.2 Å². The molecule has 1 aromatic heterocycles. The molecule has 0 fully saturated rings. The molecule has 0 atom stereocenters. The van der Waals surface area contributed by atoms with Gasteiger partial charge in [0.25, 0.3) is 0 Å². The van der Waals surface area contributed by atoms with Crippen LogP contribution in [0.5, 0.6) is 0 Å². The van der Waals surface area contributed by atoms with Crippen LogP contribution in [-0.2, 0) is 17.8 Å². The number of hydrogen-bond acceptors (Lipinski definition) is 3. The molecule has 0 bridgehead atoms. The number of aromatic carboxylic acids is 1. The molecule has 0 unspecified atom stereocenters. The van der Waals surface area contributed by atoms with Gasteiger partial charge in [0, 0.05) is 12.0 Å². The van der Waals surface area contributed by atoms with Crippen LogP contribution < -0.4 is 4.90 Å². The highest BCUT2D eigenvalue weighted by atomic mass is 19.1. The predicted molar refractivity (Wildman–Crippen MR) is 71.6 cm³/mol. The van der Waals surface area contributed by atoms with Gasteiger partial charge >= 0.3 is 5.97 Å². The number of fused-ring (bicyclic) bond motifs is 1. The zero-order chi connectivity index (χ0) is 15.0. The van der Waals surface area contributed by atoms with Crippen LogP contribution in [0.4, 0.5) is 10.1 Å². The van der Waals surface area contributed by atoms with Crippen LogP contribution in [0.15, 0.2) is 34.9 Å². The Morgan fingerprint density at radius 3 is 2.90 bits per heavy atom. The molecule has 1 N–H and O–H groups in total. The van der Waals surface area contributed by atoms with Crippen molar-refractivity contribution in [3.63, 3.8) is 0 Å². The lowest BCUT2D eigenvalue weighted by atomic mass is 10.0. The van der Waals surface area contributed by atoms with Crippen molar-refractivity contribution in [1.29, 1.82) is 0 Å². The van der Waals surface area contributed by atoms with Gasteiger partial charge in [0.1, 0.15) is 5.82 Å². The highest BCUT2D eigenvalue weighted by Crippen LogP contribution is 2.30. The number of nitrogens with zero attached hydrogens (tertiary/aromatic N) is 1. The van der Waals surface area contributed by atoms with E-state index >= 15 is 0 Å². The van der Waals surface area contributed by atoms with E-state index in [9.17, 15) is 14.0 Å². The van der Waals surface area contributed by atoms with E-state index in [1.165, 1.54) is 29.4 Å². The fraction of sp³-hybridized carbons (Fsp3) is 0.200. The minimum atomic E-state index is -1.20. The van der Waals surface area contributed by atoms with Crippen molar-refractivity contribution in [2.45, 2.75) is 19.4 Å². The van der Waals surface area contributed by atoms with Gasteiger partial charge in [-0.15, -0.1) is 0 Å². The Kier molecular flexibility index (Phi) is 3.21. The molecular weight excluding hydrogens is 277 g/mol. The number of carbonyl (C=O) groups is 2. The summed E-state index contributed by atoms with van der Waals surface area (Å²) in [5.74, 6) is -1.99. The largest absolute Gasteiger partial charge is 0.475 e. The second-order valence-electron chi connectivity index (χ2n) is 4.83. The van der Waals surface area contributed by atoms with Gasteiger partial charge in [0.15, 0.2) is 0 Å². The molecule has 1 amide bonds. The fourth-order valence-electron chi connectivity index (χ4n) is 2.50. The van der Waals surface area contributed by atoms with Crippen LogP contribution in [0.3, 0.4) is 0 Å². The average molecular weight is 289 g/mol. The van der Waals surface area contributed by atoms with Gasteiger partial charge in [-0.3, -0.25) is 4.79 Å². The van der Waals surface area contributed by atoms with E-state index in [0.29, 0.717) is 24.1 Å². The second-order valence-corrected chi connectivity index (χ2v) is 4.83.